The highest BCUT2D eigenvalue weighted by molar-refractivity contribution is 4.72. The molecule has 1 nitrogen and oxygen atoms in total. The Morgan fingerprint density at radius 2 is 1.81 bits per heavy atom. The SMILES string of the molecule is CCCN1CCC(CCCCC(C)C)CC1. The van der Waals surface area contributed by atoms with Crippen LogP contribution in [-0.2, 0) is 0 Å². The second kappa shape index (κ2) is 8.11. The largest absolute Gasteiger partial charge is 0.303 e. The van der Waals surface area contributed by atoms with Crippen LogP contribution >= 0.6 is 0 Å². The average molecular weight is 225 g/mol. The molecule has 0 spiro atoms. The highest BCUT2D eigenvalue weighted by atomic mass is 15.1. The van der Waals surface area contributed by atoms with E-state index in [0.717, 1.165) is 11.8 Å². The van der Waals surface area contributed by atoms with Crippen LogP contribution in [0.1, 0.15) is 65.7 Å². The Morgan fingerprint density at radius 1 is 1.12 bits per heavy atom. The van der Waals surface area contributed by atoms with Gasteiger partial charge in [0.05, 0.1) is 0 Å². The molecule has 1 saturated heterocycles. The standard InChI is InChI=1S/C15H31N/c1-4-11-16-12-9-15(10-13-16)8-6-5-7-14(2)3/h14-15H,4-13H2,1-3H3. The van der Waals surface area contributed by atoms with Crippen molar-refractivity contribution in [2.24, 2.45) is 11.8 Å². The molecule has 0 aromatic heterocycles. The molecular weight excluding hydrogens is 194 g/mol. The fourth-order valence-electron chi connectivity index (χ4n) is 2.80. The first-order valence-electron chi connectivity index (χ1n) is 7.44. The van der Waals surface area contributed by atoms with E-state index in [9.17, 15) is 0 Å². The minimum Gasteiger partial charge on any atom is -0.303 e. The first-order valence-corrected chi connectivity index (χ1v) is 7.44. The van der Waals surface area contributed by atoms with E-state index in [0.29, 0.717) is 0 Å². The molecule has 0 saturated carbocycles. The van der Waals surface area contributed by atoms with Crippen molar-refractivity contribution in [3.05, 3.63) is 0 Å². The van der Waals surface area contributed by atoms with Crippen LogP contribution in [0.25, 0.3) is 0 Å². The molecular formula is C15H31N. The van der Waals surface area contributed by atoms with Gasteiger partial charge in [-0.3, -0.25) is 0 Å². The second-order valence-corrected chi connectivity index (χ2v) is 5.96. The normalized spacial score (nSPS) is 19.5. The lowest BCUT2D eigenvalue weighted by Gasteiger charge is -2.31. The molecule has 0 unspecified atom stereocenters. The monoisotopic (exact) mass is 225 g/mol. The van der Waals surface area contributed by atoms with E-state index >= 15 is 0 Å². The van der Waals surface area contributed by atoms with Gasteiger partial charge in [0.15, 0.2) is 0 Å². The number of piperidine rings is 1. The van der Waals surface area contributed by atoms with E-state index in [4.69, 9.17) is 0 Å². The summed E-state index contributed by atoms with van der Waals surface area (Å²) in [4.78, 5) is 2.64. The molecule has 16 heavy (non-hydrogen) atoms. The number of hydrogen-bond acceptors (Lipinski definition) is 1. The molecule has 0 atom stereocenters. The number of likely N-dealkylation sites (tertiary alicyclic amines) is 1. The average Bonchev–Trinajstić information content (AvgIpc) is 2.27. The first kappa shape index (κ1) is 14.0. The molecule has 0 radical (unpaired) electrons. The molecule has 0 aromatic carbocycles. The number of hydrogen-bond donors (Lipinski definition) is 0. The van der Waals surface area contributed by atoms with Crippen molar-refractivity contribution in [2.45, 2.75) is 65.7 Å². The van der Waals surface area contributed by atoms with Gasteiger partial charge in [0.25, 0.3) is 0 Å². The van der Waals surface area contributed by atoms with Crippen molar-refractivity contribution in [3.63, 3.8) is 0 Å². The fourth-order valence-corrected chi connectivity index (χ4v) is 2.80. The van der Waals surface area contributed by atoms with Gasteiger partial charge in [0, 0.05) is 0 Å². The summed E-state index contributed by atoms with van der Waals surface area (Å²) in [6, 6.07) is 0. The lowest BCUT2D eigenvalue weighted by Crippen LogP contribution is -2.34. The second-order valence-electron chi connectivity index (χ2n) is 5.96. The van der Waals surface area contributed by atoms with Gasteiger partial charge in [0.1, 0.15) is 0 Å². The van der Waals surface area contributed by atoms with Gasteiger partial charge in [-0.05, 0) is 50.7 Å². The smallest absolute Gasteiger partial charge is 0.00161 e. The summed E-state index contributed by atoms with van der Waals surface area (Å²) < 4.78 is 0. The summed E-state index contributed by atoms with van der Waals surface area (Å²) in [5.41, 5.74) is 0. The van der Waals surface area contributed by atoms with Crippen molar-refractivity contribution in [1.29, 1.82) is 0 Å². The van der Waals surface area contributed by atoms with Crippen molar-refractivity contribution in [1.82, 2.24) is 4.90 Å². The van der Waals surface area contributed by atoms with Gasteiger partial charge in [-0.2, -0.15) is 0 Å². The maximum absolute atomic E-state index is 2.64. The molecule has 96 valence electrons. The van der Waals surface area contributed by atoms with E-state index < -0.39 is 0 Å². The Labute approximate surface area is 103 Å². The Bertz CT molecular complexity index is 157. The van der Waals surface area contributed by atoms with Gasteiger partial charge in [0.2, 0.25) is 0 Å². The molecule has 0 bridgehead atoms. The van der Waals surface area contributed by atoms with Crippen LogP contribution in [-0.4, -0.2) is 24.5 Å². The summed E-state index contributed by atoms with van der Waals surface area (Å²) in [6.07, 6.45) is 10.1. The third-order valence-electron chi connectivity index (χ3n) is 3.89. The molecule has 0 N–H and O–H groups in total. The van der Waals surface area contributed by atoms with Crippen LogP contribution in [0.15, 0.2) is 0 Å². The van der Waals surface area contributed by atoms with Crippen LogP contribution in [0.4, 0.5) is 0 Å². The van der Waals surface area contributed by atoms with Crippen LogP contribution in [0, 0.1) is 11.8 Å². The van der Waals surface area contributed by atoms with Gasteiger partial charge in [-0.25, -0.2) is 0 Å². The molecule has 0 aromatic rings. The van der Waals surface area contributed by atoms with Crippen LogP contribution in [0.2, 0.25) is 0 Å². The predicted octanol–water partition coefficient (Wildman–Crippen LogP) is 4.32. The van der Waals surface area contributed by atoms with Crippen molar-refractivity contribution < 1.29 is 0 Å². The third-order valence-corrected chi connectivity index (χ3v) is 3.89. The van der Waals surface area contributed by atoms with Gasteiger partial charge < -0.3 is 4.90 Å². The van der Waals surface area contributed by atoms with Crippen molar-refractivity contribution in [2.75, 3.05) is 19.6 Å². The van der Waals surface area contributed by atoms with Crippen LogP contribution < -0.4 is 0 Å². The van der Waals surface area contributed by atoms with Crippen LogP contribution in [0.5, 0.6) is 0 Å². The Hall–Kier alpha value is -0.0400. The zero-order chi connectivity index (χ0) is 11.8. The number of rotatable bonds is 7. The molecule has 1 fully saturated rings. The molecule has 0 aliphatic carbocycles. The molecule has 0 amide bonds. The van der Waals surface area contributed by atoms with E-state index in [2.05, 4.69) is 25.7 Å². The Kier molecular flexibility index (Phi) is 7.11. The van der Waals surface area contributed by atoms with Crippen LogP contribution in [0.3, 0.4) is 0 Å². The highest BCUT2D eigenvalue weighted by Gasteiger charge is 2.17. The van der Waals surface area contributed by atoms with Gasteiger partial charge >= 0.3 is 0 Å². The molecule has 1 aliphatic heterocycles. The minimum atomic E-state index is 0.895. The minimum absolute atomic E-state index is 0.895. The summed E-state index contributed by atoms with van der Waals surface area (Å²) in [5.74, 6) is 1.94. The summed E-state index contributed by atoms with van der Waals surface area (Å²) in [5, 5.41) is 0. The quantitative estimate of drug-likeness (QED) is 0.583. The van der Waals surface area contributed by atoms with Crippen molar-refractivity contribution >= 4 is 0 Å². The zero-order valence-corrected chi connectivity index (χ0v) is 11.7. The maximum atomic E-state index is 2.64. The lowest BCUT2D eigenvalue weighted by molar-refractivity contribution is 0.177. The topological polar surface area (TPSA) is 3.24 Å². The molecule has 1 rings (SSSR count). The summed E-state index contributed by atoms with van der Waals surface area (Å²) in [7, 11) is 0. The van der Waals surface area contributed by atoms with E-state index in [1.165, 1.54) is 64.6 Å². The lowest BCUT2D eigenvalue weighted by atomic mass is 9.90. The number of nitrogens with zero attached hydrogens (tertiary/aromatic N) is 1. The summed E-state index contributed by atoms with van der Waals surface area (Å²) >= 11 is 0. The van der Waals surface area contributed by atoms with Gasteiger partial charge in [-0.1, -0.05) is 46.5 Å². The molecule has 1 heteroatoms. The third kappa shape index (κ3) is 5.89. The highest BCUT2D eigenvalue weighted by Crippen LogP contribution is 2.23. The Balaban J connectivity index is 1.99. The predicted molar refractivity (Wildman–Crippen MR) is 72.8 cm³/mol. The molecule has 1 heterocycles. The number of unbranched alkanes of at least 4 members (excludes halogenated alkanes) is 1. The van der Waals surface area contributed by atoms with E-state index in [1.54, 1.807) is 0 Å². The Morgan fingerprint density at radius 3 is 2.38 bits per heavy atom. The van der Waals surface area contributed by atoms with Crippen molar-refractivity contribution in [3.8, 4) is 0 Å². The van der Waals surface area contributed by atoms with Gasteiger partial charge in [-0.15, -0.1) is 0 Å². The summed E-state index contributed by atoms with van der Waals surface area (Å²) in [6.45, 7) is 11.0. The zero-order valence-electron chi connectivity index (χ0n) is 11.7. The molecule has 1 aliphatic rings. The first-order chi connectivity index (χ1) is 7.72. The maximum Gasteiger partial charge on any atom is -0.00161 e. The van der Waals surface area contributed by atoms with E-state index in [1.807, 2.05) is 0 Å². The van der Waals surface area contributed by atoms with E-state index in [-0.39, 0.29) is 0 Å². The fraction of sp³-hybridized carbons (Fsp3) is 1.00.